The van der Waals surface area contributed by atoms with Gasteiger partial charge in [0.15, 0.2) is 0 Å². The number of rotatable bonds is 3. The third kappa shape index (κ3) is 2.04. The van der Waals surface area contributed by atoms with E-state index in [9.17, 15) is 9.59 Å². The first-order valence-electron chi connectivity index (χ1n) is 5.58. The third-order valence-corrected chi connectivity index (χ3v) is 3.22. The molecule has 2 heterocycles. The topological polar surface area (TPSA) is 52.6 Å². The number of carbonyl (C=O) groups excluding carboxylic acids is 2. The molecular weight excluding hydrogens is 196 g/mol. The van der Waals surface area contributed by atoms with Gasteiger partial charge in [-0.15, -0.1) is 0 Å². The van der Waals surface area contributed by atoms with E-state index in [0.29, 0.717) is 0 Å². The minimum absolute atomic E-state index is 0.179. The molecule has 0 aromatic carbocycles. The quantitative estimate of drug-likeness (QED) is 0.519. The maximum absolute atomic E-state index is 11.7. The number of fused-ring (bicyclic) bond motifs is 3. The Balaban J connectivity index is 1.98. The molecule has 0 amide bonds. The van der Waals surface area contributed by atoms with Crippen LogP contribution >= 0.6 is 0 Å². The smallest absolute Gasteiger partial charge is 0.377 e. The van der Waals surface area contributed by atoms with Crippen molar-refractivity contribution in [3.63, 3.8) is 0 Å². The van der Waals surface area contributed by atoms with E-state index >= 15 is 0 Å². The van der Waals surface area contributed by atoms with Crippen molar-refractivity contribution < 1.29 is 19.1 Å². The lowest BCUT2D eigenvalue weighted by molar-refractivity contribution is -0.173. The Labute approximate surface area is 88.9 Å². The minimum atomic E-state index is -0.741. The molecule has 0 aromatic rings. The molecular formula is C11H16O4. The molecule has 0 spiro atoms. The molecule has 1 aliphatic carbocycles. The molecule has 1 unspecified atom stereocenters. The number of ether oxygens (including phenoxy) is 2. The van der Waals surface area contributed by atoms with Crippen molar-refractivity contribution in [2.75, 3.05) is 6.61 Å². The molecule has 2 aliphatic heterocycles. The second kappa shape index (κ2) is 4.31. The molecule has 4 heteroatoms. The summed E-state index contributed by atoms with van der Waals surface area (Å²) in [6.45, 7) is 1.93. The average Bonchev–Trinajstić information content (AvgIpc) is 2.30. The van der Waals surface area contributed by atoms with Crippen LogP contribution in [0.15, 0.2) is 0 Å². The highest BCUT2D eigenvalue weighted by Crippen LogP contribution is 2.37. The summed E-state index contributed by atoms with van der Waals surface area (Å²) in [4.78, 5) is 22.9. The second-order valence-electron chi connectivity index (χ2n) is 4.18. The number of hydrogen-bond donors (Lipinski definition) is 0. The predicted octanol–water partition coefficient (Wildman–Crippen LogP) is 1.08. The molecule has 0 aromatic heterocycles. The van der Waals surface area contributed by atoms with Crippen molar-refractivity contribution in [3.8, 4) is 0 Å². The highest BCUT2D eigenvalue weighted by Gasteiger charge is 2.42. The van der Waals surface area contributed by atoms with Gasteiger partial charge in [0.2, 0.25) is 0 Å². The van der Waals surface area contributed by atoms with Crippen LogP contribution in [0.2, 0.25) is 0 Å². The molecule has 2 saturated heterocycles. The van der Waals surface area contributed by atoms with Crippen molar-refractivity contribution in [1.29, 1.82) is 0 Å². The number of hydrogen-bond acceptors (Lipinski definition) is 4. The maximum atomic E-state index is 11.7. The molecule has 1 saturated carbocycles. The van der Waals surface area contributed by atoms with Crippen LogP contribution in [0.5, 0.6) is 0 Å². The van der Waals surface area contributed by atoms with E-state index in [1.165, 1.54) is 0 Å². The van der Waals surface area contributed by atoms with E-state index in [2.05, 4.69) is 0 Å². The van der Waals surface area contributed by atoms with Gasteiger partial charge in [0.05, 0.1) is 12.7 Å². The van der Waals surface area contributed by atoms with Crippen molar-refractivity contribution in [2.45, 2.75) is 44.8 Å². The maximum Gasteiger partial charge on any atom is 0.377 e. The molecule has 2 bridgehead atoms. The normalized spacial score (nSPS) is 33.8. The first-order valence-corrected chi connectivity index (χ1v) is 5.58. The lowest BCUT2D eigenvalue weighted by atomic mass is 9.79. The number of Topliss-reactive ketones (excluding diaryl/α,β-unsaturated/α-hetero) is 1. The summed E-state index contributed by atoms with van der Waals surface area (Å²) >= 11 is 0. The average molecular weight is 212 g/mol. The summed E-state index contributed by atoms with van der Waals surface area (Å²) in [6.07, 6.45) is 3.70. The SMILES string of the molecule is CCOC(=O)C(=O)C1OC2CCC1CC2. The van der Waals surface area contributed by atoms with E-state index in [0.717, 1.165) is 25.7 Å². The van der Waals surface area contributed by atoms with Gasteiger partial charge >= 0.3 is 5.97 Å². The summed E-state index contributed by atoms with van der Waals surface area (Å²) in [6, 6.07) is 0. The monoisotopic (exact) mass is 212 g/mol. The van der Waals surface area contributed by atoms with Gasteiger partial charge in [0.25, 0.3) is 5.78 Å². The fourth-order valence-electron chi connectivity index (χ4n) is 2.44. The largest absolute Gasteiger partial charge is 0.460 e. The molecule has 4 nitrogen and oxygen atoms in total. The minimum Gasteiger partial charge on any atom is -0.460 e. The van der Waals surface area contributed by atoms with E-state index in [4.69, 9.17) is 9.47 Å². The summed E-state index contributed by atoms with van der Waals surface area (Å²) in [5.41, 5.74) is 0. The van der Waals surface area contributed by atoms with Gasteiger partial charge in [0.1, 0.15) is 6.10 Å². The molecule has 84 valence electrons. The molecule has 3 fully saturated rings. The lowest BCUT2D eigenvalue weighted by Crippen LogP contribution is -2.47. The van der Waals surface area contributed by atoms with E-state index < -0.39 is 17.9 Å². The number of esters is 1. The number of ketones is 1. The molecule has 15 heavy (non-hydrogen) atoms. The highest BCUT2D eigenvalue weighted by molar-refractivity contribution is 6.35. The van der Waals surface area contributed by atoms with Gasteiger partial charge < -0.3 is 9.47 Å². The van der Waals surface area contributed by atoms with Gasteiger partial charge in [-0.05, 0) is 38.5 Å². The van der Waals surface area contributed by atoms with Crippen molar-refractivity contribution in [3.05, 3.63) is 0 Å². The first-order chi connectivity index (χ1) is 7.22. The molecule has 0 radical (unpaired) electrons. The lowest BCUT2D eigenvalue weighted by Gasteiger charge is -2.41. The summed E-state index contributed by atoms with van der Waals surface area (Å²) < 4.78 is 10.3. The van der Waals surface area contributed by atoms with Gasteiger partial charge in [-0.25, -0.2) is 4.79 Å². The van der Waals surface area contributed by atoms with Crippen molar-refractivity contribution in [1.82, 2.24) is 0 Å². The van der Waals surface area contributed by atoms with Gasteiger partial charge in [-0.2, -0.15) is 0 Å². The fraction of sp³-hybridized carbons (Fsp3) is 0.818. The van der Waals surface area contributed by atoms with Crippen molar-refractivity contribution in [2.24, 2.45) is 5.92 Å². The van der Waals surface area contributed by atoms with Crippen LogP contribution in [0.25, 0.3) is 0 Å². The van der Waals surface area contributed by atoms with E-state index in [-0.39, 0.29) is 18.6 Å². The molecule has 0 N–H and O–H groups in total. The zero-order valence-corrected chi connectivity index (χ0v) is 8.90. The summed E-state index contributed by atoms with van der Waals surface area (Å²) in [7, 11) is 0. The van der Waals surface area contributed by atoms with Crippen molar-refractivity contribution >= 4 is 11.8 Å². The van der Waals surface area contributed by atoms with Crippen LogP contribution in [-0.4, -0.2) is 30.6 Å². The Morgan fingerprint density at radius 2 is 1.93 bits per heavy atom. The van der Waals surface area contributed by atoms with Crippen LogP contribution in [0.1, 0.15) is 32.6 Å². The summed E-state index contributed by atoms with van der Waals surface area (Å²) in [5.74, 6) is -1.01. The Hall–Kier alpha value is -0.900. The van der Waals surface area contributed by atoms with E-state index in [1.54, 1.807) is 6.92 Å². The van der Waals surface area contributed by atoms with Gasteiger partial charge in [-0.3, -0.25) is 4.79 Å². The Bertz CT molecular complexity index is 266. The first kappa shape index (κ1) is 10.6. The highest BCUT2D eigenvalue weighted by atomic mass is 16.5. The zero-order chi connectivity index (χ0) is 10.8. The Morgan fingerprint density at radius 3 is 2.40 bits per heavy atom. The number of carbonyl (C=O) groups is 2. The van der Waals surface area contributed by atoms with Crippen LogP contribution in [-0.2, 0) is 19.1 Å². The summed E-state index contributed by atoms with van der Waals surface area (Å²) in [5, 5.41) is 0. The predicted molar refractivity (Wildman–Crippen MR) is 52.3 cm³/mol. The second-order valence-corrected chi connectivity index (χ2v) is 4.18. The van der Waals surface area contributed by atoms with Gasteiger partial charge in [0, 0.05) is 0 Å². The van der Waals surface area contributed by atoms with Crippen LogP contribution in [0.4, 0.5) is 0 Å². The van der Waals surface area contributed by atoms with Crippen LogP contribution in [0.3, 0.4) is 0 Å². The Morgan fingerprint density at radius 1 is 1.27 bits per heavy atom. The molecule has 1 atom stereocenters. The van der Waals surface area contributed by atoms with Gasteiger partial charge in [-0.1, -0.05) is 0 Å². The van der Waals surface area contributed by atoms with Crippen LogP contribution < -0.4 is 0 Å². The fourth-order valence-corrected chi connectivity index (χ4v) is 2.44. The standard InChI is InChI=1S/C11H16O4/c1-2-14-11(13)9(12)10-7-3-5-8(15-10)6-4-7/h7-8,10H,2-6H2,1H3. The zero-order valence-electron chi connectivity index (χ0n) is 8.90. The molecule has 3 rings (SSSR count). The van der Waals surface area contributed by atoms with Crippen LogP contribution in [0, 0.1) is 5.92 Å². The Kier molecular flexibility index (Phi) is 3.05. The van der Waals surface area contributed by atoms with E-state index in [1.807, 2.05) is 0 Å². The third-order valence-electron chi connectivity index (χ3n) is 3.22. The molecule has 3 aliphatic rings.